The summed E-state index contributed by atoms with van der Waals surface area (Å²) >= 11 is 0. The number of hydrogen-bond donors (Lipinski definition) is 3. The lowest BCUT2D eigenvalue weighted by Crippen LogP contribution is -2.57. The average Bonchev–Trinajstić information content (AvgIpc) is 2.85. The van der Waals surface area contributed by atoms with Crippen LogP contribution in [0.3, 0.4) is 0 Å². The molecule has 0 saturated carbocycles. The standard InChI is InChI=1S/C28H27N3/c1-20-29-27(25-16-12-23(13-17-25)21-8-4-2-5-9-21)31-28(30-20)26-18-14-24(15-19-26)22-10-6-3-7-11-22/h2-20,27-31H,1H3. The van der Waals surface area contributed by atoms with Crippen LogP contribution < -0.4 is 16.0 Å². The Hall–Kier alpha value is -3.24. The van der Waals surface area contributed by atoms with Crippen LogP contribution in [0.1, 0.15) is 30.4 Å². The molecule has 0 spiro atoms. The van der Waals surface area contributed by atoms with Gasteiger partial charge in [0.25, 0.3) is 0 Å². The van der Waals surface area contributed by atoms with Crippen LogP contribution in [-0.4, -0.2) is 6.17 Å². The number of nitrogens with one attached hydrogen (secondary N) is 3. The number of rotatable bonds is 4. The van der Waals surface area contributed by atoms with Gasteiger partial charge < -0.3 is 0 Å². The summed E-state index contributed by atoms with van der Waals surface area (Å²) < 4.78 is 0. The van der Waals surface area contributed by atoms with E-state index < -0.39 is 0 Å². The Morgan fingerprint density at radius 1 is 0.419 bits per heavy atom. The summed E-state index contributed by atoms with van der Waals surface area (Å²) in [4.78, 5) is 0. The molecule has 3 N–H and O–H groups in total. The Bertz CT molecular complexity index is 1020. The summed E-state index contributed by atoms with van der Waals surface area (Å²) in [6.45, 7) is 2.16. The van der Waals surface area contributed by atoms with E-state index in [0.717, 1.165) is 0 Å². The smallest absolute Gasteiger partial charge is 0.0861 e. The SMILES string of the molecule is CC1NC(c2ccc(-c3ccccc3)cc2)NC(c2ccc(-c3ccccc3)cc2)N1. The minimum absolute atomic E-state index is 0.0832. The molecule has 1 fully saturated rings. The minimum atomic E-state index is 0.0832. The number of benzene rings is 4. The Kier molecular flexibility index (Phi) is 5.63. The Balaban J connectivity index is 1.33. The predicted octanol–water partition coefficient (Wildman–Crippen LogP) is 5.85. The molecular formula is C28H27N3. The van der Waals surface area contributed by atoms with Crippen LogP contribution in [-0.2, 0) is 0 Å². The average molecular weight is 406 g/mol. The molecule has 0 aromatic heterocycles. The number of hydrogen-bond acceptors (Lipinski definition) is 3. The van der Waals surface area contributed by atoms with Gasteiger partial charge in [0.2, 0.25) is 0 Å². The first-order chi connectivity index (χ1) is 15.3. The molecule has 2 unspecified atom stereocenters. The molecule has 5 rings (SSSR count). The van der Waals surface area contributed by atoms with E-state index in [1.807, 2.05) is 0 Å². The van der Waals surface area contributed by atoms with E-state index in [1.54, 1.807) is 0 Å². The van der Waals surface area contributed by atoms with Crippen molar-refractivity contribution in [3.05, 3.63) is 120 Å². The third kappa shape index (κ3) is 4.44. The molecule has 0 amide bonds. The van der Waals surface area contributed by atoms with Gasteiger partial charge >= 0.3 is 0 Å². The summed E-state index contributed by atoms with van der Waals surface area (Å²) in [5.41, 5.74) is 7.42. The van der Waals surface area contributed by atoms with E-state index in [2.05, 4.69) is 132 Å². The van der Waals surface area contributed by atoms with Gasteiger partial charge in [0, 0.05) is 0 Å². The summed E-state index contributed by atoms with van der Waals surface area (Å²) in [5, 5.41) is 10.9. The second-order valence-corrected chi connectivity index (χ2v) is 8.06. The van der Waals surface area contributed by atoms with E-state index in [1.165, 1.54) is 33.4 Å². The summed E-state index contributed by atoms with van der Waals surface area (Å²) in [5.74, 6) is 0. The zero-order valence-electron chi connectivity index (χ0n) is 17.6. The van der Waals surface area contributed by atoms with E-state index in [0.29, 0.717) is 0 Å². The highest BCUT2D eigenvalue weighted by atomic mass is 15.3. The van der Waals surface area contributed by atoms with Crippen molar-refractivity contribution in [1.82, 2.24) is 16.0 Å². The van der Waals surface area contributed by atoms with Gasteiger partial charge in [0.15, 0.2) is 0 Å². The molecule has 1 aliphatic rings. The molecule has 0 radical (unpaired) electrons. The first kappa shape index (κ1) is 19.7. The molecular weight excluding hydrogens is 378 g/mol. The van der Waals surface area contributed by atoms with Crippen LogP contribution in [0, 0.1) is 0 Å². The molecule has 0 aliphatic carbocycles. The monoisotopic (exact) mass is 405 g/mol. The Labute approximate surface area is 184 Å². The van der Waals surface area contributed by atoms with Crippen molar-refractivity contribution in [3.8, 4) is 22.3 Å². The third-order valence-electron chi connectivity index (χ3n) is 5.87. The molecule has 0 bridgehead atoms. The van der Waals surface area contributed by atoms with Crippen LogP contribution in [0.5, 0.6) is 0 Å². The zero-order chi connectivity index (χ0) is 21.0. The lowest BCUT2D eigenvalue weighted by Gasteiger charge is -2.38. The molecule has 2 atom stereocenters. The fourth-order valence-corrected chi connectivity index (χ4v) is 4.19. The van der Waals surface area contributed by atoms with Gasteiger partial charge in [-0.15, -0.1) is 0 Å². The van der Waals surface area contributed by atoms with Crippen molar-refractivity contribution >= 4 is 0 Å². The van der Waals surface area contributed by atoms with Crippen LogP contribution in [0.25, 0.3) is 22.3 Å². The fourth-order valence-electron chi connectivity index (χ4n) is 4.19. The Morgan fingerprint density at radius 3 is 1.16 bits per heavy atom. The van der Waals surface area contributed by atoms with Crippen LogP contribution in [0.15, 0.2) is 109 Å². The van der Waals surface area contributed by atoms with Gasteiger partial charge in [-0.3, -0.25) is 16.0 Å². The van der Waals surface area contributed by atoms with Crippen LogP contribution >= 0.6 is 0 Å². The van der Waals surface area contributed by atoms with E-state index in [9.17, 15) is 0 Å². The fraction of sp³-hybridized carbons (Fsp3) is 0.143. The van der Waals surface area contributed by atoms with Gasteiger partial charge in [-0.25, -0.2) is 0 Å². The molecule has 1 heterocycles. The maximum absolute atomic E-state index is 3.71. The van der Waals surface area contributed by atoms with E-state index >= 15 is 0 Å². The second kappa shape index (κ2) is 8.86. The maximum atomic E-state index is 3.71. The molecule has 4 aromatic carbocycles. The van der Waals surface area contributed by atoms with Crippen molar-refractivity contribution in [2.24, 2.45) is 0 Å². The van der Waals surface area contributed by atoms with Crippen molar-refractivity contribution in [2.45, 2.75) is 25.4 Å². The van der Waals surface area contributed by atoms with Gasteiger partial charge in [0.1, 0.15) is 0 Å². The quantitative estimate of drug-likeness (QED) is 0.399. The van der Waals surface area contributed by atoms with Crippen molar-refractivity contribution < 1.29 is 0 Å². The van der Waals surface area contributed by atoms with Crippen LogP contribution in [0.4, 0.5) is 0 Å². The molecule has 3 heteroatoms. The van der Waals surface area contributed by atoms with Crippen molar-refractivity contribution in [2.75, 3.05) is 0 Å². The van der Waals surface area contributed by atoms with Gasteiger partial charge in [-0.05, 0) is 40.3 Å². The summed E-state index contributed by atoms with van der Waals surface area (Å²) in [7, 11) is 0. The van der Waals surface area contributed by atoms with Crippen molar-refractivity contribution in [1.29, 1.82) is 0 Å². The molecule has 1 saturated heterocycles. The lowest BCUT2D eigenvalue weighted by molar-refractivity contribution is 0.213. The largest absolute Gasteiger partial charge is 0.283 e. The minimum Gasteiger partial charge on any atom is -0.283 e. The maximum Gasteiger partial charge on any atom is 0.0861 e. The molecule has 1 aliphatic heterocycles. The van der Waals surface area contributed by atoms with E-state index in [-0.39, 0.29) is 18.5 Å². The first-order valence-corrected chi connectivity index (χ1v) is 10.9. The topological polar surface area (TPSA) is 36.1 Å². The predicted molar refractivity (Wildman–Crippen MR) is 128 cm³/mol. The highest BCUT2D eigenvalue weighted by molar-refractivity contribution is 5.64. The zero-order valence-corrected chi connectivity index (χ0v) is 17.6. The molecule has 3 nitrogen and oxygen atoms in total. The summed E-state index contributed by atoms with van der Waals surface area (Å²) in [6.07, 6.45) is 0.360. The highest BCUT2D eigenvalue weighted by Crippen LogP contribution is 2.26. The van der Waals surface area contributed by atoms with Gasteiger partial charge in [-0.1, -0.05) is 109 Å². The molecule has 154 valence electrons. The second-order valence-electron chi connectivity index (χ2n) is 8.06. The van der Waals surface area contributed by atoms with E-state index in [4.69, 9.17) is 0 Å². The normalized spacial score (nSPS) is 21.0. The third-order valence-corrected chi connectivity index (χ3v) is 5.87. The van der Waals surface area contributed by atoms with Crippen LogP contribution in [0.2, 0.25) is 0 Å². The van der Waals surface area contributed by atoms with Gasteiger partial charge in [-0.2, -0.15) is 0 Å². The lowest BCUT2D eigenvalue weighted by atomic mass is 10.0. The highest BCUT2D eigenvalue weighted by Gasteiger charge is 2.26. The van der Waals surface area contributed by atoms with Gasteiger partial charge in [0.05, 0.1) is 18.5 Å². The Morgan fingerprint density at radius 2 is 0.774 bits per heavy atom. The van der Waals surface area contributed by atoms with Crippen molar-refractivity contribution in [3.63, 3.8) is 0 Å². The molecule has 4 aromatic rings. The first-order valence-electron chi connectivity index (χ1n) is 10.9. The molecule has 31 heavy (non-hydrogen) atoms. The summed E-state index contributed by atoms with van der Waals surface area (Å²) in [6, 6.07) is 38.6.